The quantitative estimate of drug-likeness (QED) is 0.234. The maximum atomic E-state index is 11.8. The van der Waals surface area contributed by atoms with E-state index < -0.39 is 0 Å². The van der Waals surface area contributed by atoms with Crippen LogP contribution < -0.4 is 4.74 Å². The molecule has 1 aromatic rings. The molecule has 0 N–H and O–H groups in total. The number of ether oxygens (including phenoxy) is 6. The maximum absolute atomic E-state index is 11.8. The lowest BCUT2D eigenvalue weighted by Crippen LogP contribution is -2.59. The highest BCUT2D eigenvalue weighted by Gasteiger charge is 2.50. The number of hydrogen-bond acceptors (Lipinski definition) is 7. The predicted octanol–water partition coefficient (Wildman–Crippen LogP) is 6.27. The van der Waals surface area contributed by atoms with Gasteiger partial charge in [0.1, 0.15) is 5.75 Å². The molecule has 1 unspecified atom stereocenters. The van der Waals surface area contributed by atoms with Gasteiger partial charge in [-0.15, -0.1) is 0 Å². The molecular weight excluding hydrogens is 508 g/mol. The first-order valence-electron chi connectivity index (χ1n) is 15.2. The summed E-state index contributed by atoms with van der Waals surface area (Å²) in [7, 11) is 3.10. The van der Waals surface area contributed by atoms with E-state index in [0.29, 0.717) is 37.7 Å². The SMILES string of the molecule is C=C1C(C[C@@H]2O[C@H]3C[C@@H](C)[C@@H](CCC)O[C@H]3[C@H](C)[C@H]2OCc2ccc(OC)cc2)O[C@@H](CCC(=O)OC)C[C@H]1C. The van der Waals surface area contributed by atoms with Crippen LogP contribution in [0.3, 0.4) is 0 Å². The Morgan fingerprint density at radius 3 is 2.42 bits per heavy atom. The van der Waals surface area contributed by atoms with Crippen LogP contribution in [0.2, 0.25) is 0 Å². The van der Waals surface area contributed by atoms with Crippen molar-refractivity contribution < 1.29 is 33.2 Å². The fraction of sp³-hybridized carbons (Fsp3) is 0.727. The summed E-state index contributed by atoms with van der Waals surface area (Å²) in [4.78, 5) is 11.8. The van der Waals surface area contributed by atoms with Crippen LogP contribution in [-0.4, -0.2) is 62.9 Å². The maximum Gasteiger partial charge on any atom is 0.305 e. The van der Waals surface area contributed by atoms with Gasteiger partial charge in [0.05, 0.1) is 63.6 Å². The molecule has 224 valence electrons. The monoisotopic (exact) mass is 558 g/mol. The van der Waals surface area contributed by atoms with Crippen LogP contribution in [0.1, 0.15) is 78.2 Å². The Labute approximate surface area is 240 Å². The molecule has 3 aliphatic rings. The molecular formula is C33H50O7. The molecule has 1 aromatic carbocycles. The van der Waals surface area contributed by atoms with Gasteiger partial charge in [-0.2, -0.15) is 0 Å². The Morgan fingerprint density at radius 2 is 1.75 bits per heavy atom. The van der Waals surface area contributed by atoms with E-state index in [1.807, 2.05) is 24.3 Å². The molecule has 0 aromatic heterocycles. The third-order valence-electron chi connectivity index (χ3n) is 9.23. The van der Waals surface area contributed by atoms with Crippen molar-refractivity contribution in [3.8, 4) is 5.75 Å². The Kier molecular flexibility index (Phi) is 11.1. The average molecular weight is 559 g/mol. The topological polar surface area (TPSA) is 72.5 Å². The van der Waals surface area contributed by atoms with E-state index in [1.54, 1.807) is 7.11 Å². The minimum absolute atomic E-state index is 0.00655. The standard InChI is InChI=1S/C33H50O7/c1-8-9-27-21(3)17-29-33(40-27)23(5)32(37-19-24-10-12-25(35-6)13-11-24)30(39-29)18-28-22(4)20(2)16-26(38-28)14-15-31(34)36-7/h10-13,20-21,23,26-30,32-33H,4,8-9,14-19H2,1-3,5-7H3/t20-,21-,23-,26+,27-,28?,29+,30+,32-,33+/m1/s1. The minimum Gasteiger partial charge on any atom is -0.497 e. The van der Waals surface area contributed by atoms with Crippen LogP contribution in [0.25, 0.3) is 0 Å². The normalized spacial score (nSPS) is 36.1. The Hall–Kier alpha value is -1.93. The van der Waals surface area contributed by atoms with Crippen LogP contribution in [0.4, 0.5) is 0 Å². The van der Waals surface area contributed by atoms with E-state index in [0.717, 1.165) is 42.6 Å². The van der Waals surface area contributed by atoms with Crippen molar-refractivity contribution >= 4 is 5.97 Å². The smallest absolute Gasteiger partial charge is 0.305 e. The molecule has 7 nitrogen and oxygen atoms in total. The second-order valence-corrected chi connectivity index (χ2v) is 12.1. The van der Waals surface area contributed by atoms with Crippen LogP contribution in [0, 0.1) is 17.8 Å². The third kappa shape index (κ3) is 7.47. The van der Waals surface area contributed by atoms with Crippen molar-refractivity contribution in [2.24, 2.45) is 17.8 Å². The highest BCUT2D eigenvalue weighted by Crippen LogP contribution is 2.42. The van der Waals surface area contributed by atoms with E-state index in [9.17, 15) is 4.79 Å². The zero-order chi connectivity index (χ0) is 28.8. The average Bonchev–Trinajstić information content (AvgIpc) is 2.95. The first-order chi connectivity index (χ1) is 19.2. The molecule has 0 aliphatic carbocycles. The van der Waals surface area contributed by atoms with Gasteiger partial charge >= 0.3 is 5.97 Å². The summed E-state index contributed by atoms with van der Waals surface area (Å²) in [5.74, 6) is 1.55. The van der Waals surface area contributed by atoms with Gasteiger partial charge in [-0.3, -0.25) is 4.79 Å². The van der Waals surface area contributed by atoms with Crippen LogP contribution >= 0.6 is 0 Å². The van der Waals surface area contributed by atoms with Crippen molar-refractivity contribution in [1.82, 2.24) is 0 Å². The molecule has 0 saturated carbocycles. The lowest BCUT2D eigenvalue weighted by molar-refractivity contribution is -0.269. The molecule has 4 rings (SSSR count). The fourth-order valence-corrected chi connectivity index (χ4v) is 6.72. The van der Waals surface area contributed by atoms with E-state index in [2.05, 4.69) is 34.3 Å². The Morgan fingerprint density at radius 1 is 1.00 bits per heavy atom. The molecule has 10 atom stereocenters. The van der Waals surface area contributed by atoms with Crippen molar-refractivity contribution in [3.05, 3.63) is 42.0 Å². The number of esters is 1. The highest BCUT2D eigenvalue weighted by atomic mass is 16.6. The Bertz CT molecular complexity index is 962. The number of methoxy groups -OCH3 is 2. The van der Waals surface area contributed by atoms with Crippen molar-refractivity contribution in [3.63, 3.8) is 0 Å². The number of carbonyl (C=O) groups excluding carboxylic acids is 1. The molecule has 0 spiro atoms. The summed E-state index contributed by atoms with van der Waals surface area (Å²) in [5.41, 5.74) is 2.18. The third-order valence-corrected chi connectivity index (χ3v) is 9.23. The number of hydrogen-bond donors (Lipinski definition) is 0. The predicted molar refractivity (Wildman–Crippen MR) is 154 cm³/mol. The zero-order valence-electron chi connectivity index (χ0n) is 25.3. The number of carbonyl (C=O) groups is 1. The van der Waals surface area contributed by atoms with Gasteiger partial charge in [-0.05, 0) is 60.8 Å². The summed E-state index contributed by atoms with van der Waals surface area (Å²) in [6.45, 7) is 13.9. The molecule has 0 amide bonds. The van der Waals surface area contributed by atoms with Crippen molar-refractivity contribution in [2.75, 3.05) is 14.2 Å². The van der Waals surface area contributed by atoms with Crippen molar-refractivity contribution in [2.45, 2.75) is 122 Å². The van der Waals surface area contributed by atoms with Crippen LogP contribution in [0.5, 0.6) is 5.75 Å². The molecule has 3 fully saturated rings. The molecule has 3 heterocycles. The number of benzene rings is 1. The second kappa shape index (κ2) is 14.3. The van der Waals surface area contributed by atoms with E-state index in [1.165, 1.54) is 7.11 Å². The van der Waals surface area contributed by atoms with Gasteiger partial charge in [0.25, 0.3) is 0 Å². The van der Waals surface area contributed by atoms with E-state index in [4.69, 9.17) is 28.4 Å². The molecule has 3 aliphatic heterocycles. The van der Waals surface area contributed by atoms with Crippen LogP contribution in [0.15, 0.2) is 36.4 Å². The number of fused-ring (bicyclic) bond motifs is 1. The minimum atomic E-state index is -0.201. The molecule has 7 heteroatoms. The largest absolute Gasteiger partial charge is 0.497 e. The van der Waals surface area contributed by atoms with Gasteiger partial charge in [0.15, 0.2) is 0 Å². The van der Waals surface area contributed by atoms with Gasteiger partial charge in [-0.1, -0.05) is 52.8 Å². The molecule has 0 radical (unpaired) electrons. The lowest BCUT2D eigenvalue weighted by Gasteiger charge is -2.51. The van der Waals surface area contributed by atoms with Crippen molar-refractivity contribution in [1.29, 1.82) is 0 Å². The lowest BCUT2D eigenvalue weighted by atomic mass is 9.78. The highest BCUT2D eigenvalue weighted by molar-refractivity contribution is 5.69. The summed E-state index contributed by atoms with van der Waals surface area (Å²) >= 11 is 0. The van der Waals surface area contributed by atoms with E-state index >= 15 is 0 Å². The van der Waals surface area contributed by atoms with Gasteiger partial charge in [-0.25, -0.2) is 0 Å². The summed E-state index contributed by atoms with van der Waals surface area (Å²) < 4.78 is 37.0. The second-order valence-electron chi connectivity index (χ2n) is 12.1. The Balaban J connectivity index is 1.50. The summed E-state index contributed by atoms with van der Waals surface area (Å²) in [6.07, 6.45) is 5.54. The molecule has 40 heavy (non-hydrogen) atoms. The summed E-state index contributed by atoms with van der Waals surface area (Å²) in [5, 5.41) is 0. The molecule has 3 saturated heterocycles. The van der Waals surface area contributed by atoms with E-state index in [-0.39, 0.29) is 54.6 Å². The molecule has 0 bridgehead atoms. The number of rotatable bonds is 11. The summed E-state index contributed by atoms with van der Waals surface area (Å²) in [6, 6.07) is 8.01. The zero-order valence-corrected chi connectivity index (χ0v) is 25.3. The first kappa shape index (κ1) is 31.0. The van der Waals surface area contributed by atoms with Gasteiger partial charge in [0, 0.05) is 18.8 Å². The van der Waals surface area contributed by atoms with Crippen LogP contribution in [-0.2, 0) is 35.1 Å². The fourth-order valence-electron chi connectivity index (χ4n) is 6.72. The first-order valence-corrected chi connectivity index (χ1v) is 15.2. The van der Waals surface area contributed by atoms with Gasteiger partial charge in [0.2, 0.25) is 0 Å². The van der Waals surface area contributed by atoms with Gasteiger partial charge < -0.3 is 28.4 Å².